The molecule has 0 aromatic heterocycles. The number of nitrogens with one attached hydrogen (secondary N) is 1. The fourth-order valence-corrected chi connectivity index (χ4v) is 4.34. The summed E-state index contributed by atoms with van der Waals surface area (Å²) in [5.74, 6) is 6.68. The van der Waals surface area contributed by atoms with E-state index in [4.69, 9.17) is 9.47 Å². The Morgan fingerprint density at radius 1 is 1.09 bits per heavy atom. The van der Waals surface area contributed by atoms with Crippen molar-refractivity contribution in [2.24, 2.45) is 10.8 Å². The molecule has 4 fully saturated rings. The fraction of sp³-hybridized carbons (Fsp3) is 0.895. The number of ether oxygens (including phenoxy) is 2. The zero-order chi connectivity index (χ0) is 15.8. The molecule has 0 amide bonds. The minimum absolute atomic E-state index is 0.281. The van der Waals surface area contributed by atoms with E-state index < -0.39 is 0 Å². The lowest BCUT2D eigenvalue weighted by Gasteiger charge is -2.69. The van der Waals surface area contributed by atoms with Crippen LogP contribution in [0.5, 0.6) is 0 Å². The normalized spacial score (nSPS) is 38.8. The van der Waals surface area contributed by atoms with Crippen molar-refractivity contribution in [3.8, 4) is 11.8 Å². The summed E-state index contributed by atoms with van der Waals surface area (Å²) in [6.45, 7) is 10.1. The standard InChI is InChI=1S/C19H31NO2/c1-14(2)21-7-5-6-18-10-19(11-18,12-18)13-20-16-8-17(9-16)22-15(3)4/h14-17,20H,7-13H2,1-4H3. The second-order valence-electron chi connectivity index (χ2n) is 8.33. The zero-order valence-corrected chi connectivity index (χ0v) is 14.6. The molecule has 3 heteroatoms. The maximum absolute atomic E-state index is 5.82. The molecule has 4 aliphatic carbocycles. The van der Waals surface area contributed by atoms with Gasteiger partial charge in [-0.15, -0.1) is 0 Å². The summed E-state index contributed by atoms with van der Waals surface area (Å²) < 4.78 is 11.3. The molecule has 0 saturated heterocycles. The summed E-state index contributed by atoms with van der Waals surface area (Å²) in [7, 11) is 0. The van der Waals surface area contributed by atoms with E-state index in [1.807, 2.05) is 0 Å². The van der Waals surface area contributed by atoms with Crippen molar-refractivity contribution in [1.82, 2.24) is 5.32 Å². The Morgan fingerprint density at radius 2 is 1.77 bits per heavy atom. The Labute approximate surface area is 135 Å². The van der Waals surface area contributed by atoms with Gasteiger partial charge in [0.15, 0.2) is 0 Å². The summed E-state index contributed by atoms with van der Waals surface area (Å²) in [5, 5.41) is 3.75. The molecular formula is C19H31NO2. The summed E-state index contributed by atoms with van der Waals surface area (Å²) in [6, 6.07) is 0.680. The van der Waals surface area contributed by atoms with E-state index in [-0.39, 0.29) is 6.10 Å². The molecule has 22 heavy (non-hydrogen) atoms. The quantitative estimate of drug-likeness (QED) is 0.733. The first-order chi connectivity index (χ1) is 10.4. The lowest BCUT2D eigenvalue weighted by Crippen LogP contribution is -2.66. The molecular weight excluding hydrogens is 274 g/mol. The van der Waals surface area contributed by atoms with Gasteiger partial charge in [-0.1, -0.05) is 11.8 Å². The van der Waals surface area contributed by atoms with Crippen molar-refractivity contribution in [3.05, 3.63) is 0 Å². The van der Waals surface area contributed by atoms with E-state index in [1.165, 1.54) is 38.6 Å². The van der Waals surface area contributed by atoms with Crippen LogP contribution in [0.2, 0.25) is 0 Å². The van der Waals surface area contributed by atoms with E-state index in [9.17, 15) is 0 Å². The molecule has 0 radical (unpaired) electrons. The Hall–Kier alpha value is -0.560. The van der Waals surface area contributed by atoms with E-state index in [2.05, 4.69) is 44.9 Å². The van der Waals surface area contributed by atoms with Crippen molar-refractivity contribution in [2.45, 2.75) is 84.2 Å². The van der Waals surface area contributed by atoms with Gasteiger partial charge in [0.1, 0.15) is 6.61 Å². The maximum Gasteiger partial charge on any atom is 0.108 e. The predicted octanol–water partition coefficient (Wildman–Crippen LogP) is 3.13. The van der Waals surface area contributed by atoms with Gasteiger partial charge in [0.25, 0.3) is 0 Å². The molecule has 0 aromatic rings. The molecule has 124 valence electrons. The first-order valence-electron chi connectivity index (χ1n) is 8.91. The molecule has 4 aliphatic rings. The van der Waals surface area contributed by atoms with Crippen LogP contribution in [0.15, 0.2) is 0 Å². The smallest absolute Gasteiger partial charge is 0.108 e. The molecule has 0 spiro atoms. The predicted molar refractivity (Wildman–Crippen MR) is 88.6 cm³/mol. The van der Waals surface area contributed by atoms with Crippen LogP contribution in [-0.2, 0) is 9.47 Å². The van der Waals surface area contributed by atoms with Gasteiger partial charge in [0, 0.05) is 18.0 Å². The molecule has 3 nitrogen and oxygen atoms in total. The van der Waals surface area contributed by atoms with Crippen LogP contribution in [0.4, 0.5) is 0 Å². The lowest BCUT2D eigenvalue weighted by atomic mass is 9.35. The van der Waals surface area contributed by atoms with Crippen molar-refractivity contribution >= 4 is 0 Å². The van der Waals surface area contributed by atoms with Crippen LogP contribution >= 0.6 is 0 Å². The summed E-state index contributed by atoms with van der Waals surface area (Å²) in [4.78, 5) is 0. The van der Waals surface area contributed by atoms with Gasteiger partial charge in [-0.25, -0.2) is 0 Å². The second-order valence-corrected chi connectivity index (χ2v) is 8.33. The van der Waals surface area contributed by atoms with Gasteiger partial charge < -0.3 is 14.8 Å². The third-order valence-electron chi connectivity index (χ3n) is 5.31. The first kappa shape index (κ1) is 16.3. The Kier molecular flexibility index (Phi) is 4.56. The van der Waals surface area contributed by atoms with E-state index >= 15 is 0 Å². The minimum Gasteiger partial charge on any atom is -0.375 e. The third-order valence-corrected chi connectivity index (χ3v) is 5.31. The highest BCUT2D eigenvalue weighted by Crippen LogP contribution is 2.72. The largest absolute Gasteiger partial charge is 0.375 e. The van der Waals surface area contributed by atoms with E-state index in [0.29, 0.717) is 35.7 Å². The monoisotopic (exact) mass is 305 g/mol. The topological polar surface area (TPSA) is 30.5 Å². The van der Waals surface area contributed by atoms with Gasteiger partial charge in [-0.05, 0) is 65.2 Å². The average molecular weight is 305 g/mol. The number of hydrogen-bond donors (Lipinski definition) is 1. The molecule has 0 aromatic carbocycles. The Balaban J connectivity index is 1.29. The molecule has 1 N–H and O–H groups in total. The highest BCUT2D eigenvalue weighted by Gasteiger charge is 2.66. The van der Waals surface area contributed by atoms with E-state index in [1.54, 1.807) is 0 Å². The SMILES string of the molecule is CC(C)OCC#CC12CC(CNC3CC(OC(C)C)C3)(C1)C2. The molecule has 2 bridgehead atoms. The van der Waals surface area contributed by atoms with Crippen LogP contribution in [0.3, 0.4) is 0 Å². The Bertz CT molecular complexity index is 434. The average Bonchev–Trinajstić information content (AvgIpc) is 2.29. The van der Waals surface area contributed by atoms with Crippen molar-refractivity contribution in [2.75, 3.05) is 13.2 Å². The van der Waals surface area contributed by atoms with Gasteiger partial charge in [0.2, 0.25) is 0 Å². The van der Waals surface area contributed by atoms with Crippen LogP contribution in [0.25, 0.3) is 0 Å². The minimum atomic E-state index is 0.281. The van der Waals surface area contributed by atoms with Crippen molar-refractivity contribution in [1.29, 1.82) is 0 Å². The maximum atomic E-state index is 5.82. The highest BCUT2D eigenvalue weighted by atomic mass is 16.5. The summed E-state index contributed by atoms with van der Waals surface area (Å²) in [6.07, 6.45) is 7.38. The van der Waals surface area contributed by atoms with Crippen molar-refractivity contribution in [3.63, 3.8) is 0 Å². The molecule has 0 aliphatic heterocycles. The number of rotatable bonds is 7. The Morgan fingerprint density at radius 3 is 2.36 bits per heavy atom. The zero-order valence-electron chi connectivity index (χ0n) is 14.6. The summed E-state index contributed by atoms with van der Waals surface area (Å²) in [5.41, 5.74) is 0.919. The lowest BCUT2D eigenvalue weighted by molar-refractivity contribution is -0.162. The van der Waals surface area contributed by atoms with Crippen LogP contribution in [0, 0.1) is 22.7 Å². The van der Waals surface area contributed by atoms with Crippen LogP contribution in [0.1, 0.15) is 59.8 Å². The van der Waals surface area contributed by atoms with Gasteiger partial charge in [-0.2, -0.15) is 0 Å². The van der Waals surface area contributed by atoms with E-state index in [0.717, 1.165) is 0 Å². The first-order valence-corrected chi connectivity index (χ1v) is 8.91. The molecule has 0 unspecified atom stereocenters. The van der Waals surface area contributed by atoms with Gasteiger partial charge >= 0.3 is 0 Å². The number of hydrogen-bond acceptors (Lipinski definition) is 3. The second kappa shape index (κ2) is 6.15. The fourth-order valence-electron chi connectivity index (χ4n) is 4.34. The third kappa shape index (κ3) is 3.50. The van der Waals surface area contributed by atoms with Gasteiger partial charge in [-0.3, -0.25) is 0 Å². The van der Waals surface area contributed by atoms with Crippen molar-refractivity contribution < 1.29 is 9.47 Å². The van der Waals surface area contributed by atoms with Crippen LogP contribution in [-0.4, -0.2) is 37.5 Å². The van der Waals surface area contributed by atoms with Crippen LogP contribution < -0.4 is 5.32 Å². The molecule has 0 atom stereocenters. The summed E-state index contributed by atoms with van der Waals surface area (Å²) >= 11 is 0. The van der Waals surface area contributed by atoms with Gasteiger partial charge in [0.05, 0.1) is 18.3 Å². The molecule has 4 saturated carbocycles. The molecule has 0 heterocycles. The molecule has 4 rings (SSSR count). The highest BCUT2D eigenvalue weighted by molar-refractivity contribution is 5.31.